The van der Waals surface area contributed by atoms with Gasteiger partial charge in [-0.1, -0.05) is 31.2 Å². The summed E-state index contributed by atoms with van der Waals surface area (Å²) in [6.07, 6.45) is -1.60. The number of aliphatic hydroxyl groups excluding tert-OH is 1. The van der Waals surface area contributed by atoms with Gasteiger partial charge in [-0.2, -0.15) is 12.6 Å². The van der Waals surface area contributed by atoms with Crippen LogP contribution in [0.5, 0.6) is 0 Å². The van der Waals surface area contributed by atoms with Crippen molar-refractivity contribution in [2.24, 2.45) is 0 Å². The number of carbonyl (C=O) groups excluding carboxylic acids is 1. The summed E-state index contributed by atoms with van der Waals surface area (Å²) in [5.74, 6) is -1.89. The van der Waals surface area contributed by atoms with Gasteiger partial charge in [-0.3, -0.25) is 4.79 Å². The monoisotopic (exact) mass is 297 g/mol. The number of carbonyl (C=O) groups is 2. The lowest BCUT2D eigenvalue weighted by molar-refractivity contribution is -0.146. The Morgan fingerprint density at radius 3 is 2.50 bits per heavy atom. The van der Waals surface area contributed by atoms with Crippen molar-refractivity contribution in [1.82, 2.24) is 5.32 Å². The Kier molecular flexibility index (Phi) is 6.04. The lowest BCUT2D eigenvalue weighted by atomic mass is 9.93. The Bertz CT molecular complexity index is 492. The maximum atomic E-state index is 11.9. The summed E-state index contributed by atoms with van der Waals surface area (Å²) in [4.78, 5) is 22.4. The topological polar surface area (TPSA) is 86.6 Å². The van der Waals surface area contributed by atoms with Gasteiger partial charge in [0, 0.05) is 5.92 Å². The molecule has 0 aromatic heterocycles. The summed E-state index contributed by atoms with van der Waals surface area (Å²) in [7, 11) is 0. The van der Waals surface area contributed by atoms with Crippen molar-refractivity contribution in [1.29, 1.82) is 0 Å². The predicted molar refractivity (Wildman–Crippen MR) is 79.0 cm³/mol. The van der Waals surface area contributed by atoms with Gasteiger partial charge in [-0.05, 0) is 18.1 Å². The number of hydrogen-bond donors (Lipinski definition) is 4. The molecule has 0 radical (unpaired) electrons. The molecular weight excluding hydrogens is 278 g/mol. The first kappa shape index (κ1) is 16.5. The summed E-state index contributed by atoms with van der Waals surface area (Å²) in [6, 6.07) is 7.70. The summed E-state index contributed by atoms with van der Waals surface area (Å²) >= 11 is 4.29. The van der Waals surface area contributed by atoms with Crippen LogP contribution < -0.4 is 5.32 Å². The van der Waals surface area contributed by atoms with Gasteiger partial charge in [0.25, 0.3) is 0 Å². The van der Waals surface area contributed by atoms with Gasteiger partial charge in [0.15, 0.2) is 6.10 Å². The van der Waals surface area contributed by atoms with Gasteiger partial charge in [0.05, 0.1) is 11.8 Å². The van der Waals surface area contributed by atoms with Crippen LogP contribution in [0.4, 0.5) is 0 Å². The zero-order chi connectivity index (χ0) is 15.3. The van der Waals surface area contributed by atoms with Crippen LogP contribution in [0.3, 0.4) is 0 Å². The fraction of sp³-hybridized carbons (Fsp3) is 0.429. The zero-order valence-corrected chi connectivity index (χ0v) is 12.3. The second-order valence-electron chi connectivity index (χ2n) is 4.69. The number of aliphatic hydroxyl groups is 1. The number of hydrogen-bond acceptors (Lipinski definition) is 4. The van der Waals surface area contributed by atoms with E-state index in [1.807, 2.05) is 38.1 Å². The molecule has 110 valence electrons. The fourth-order valence-electron chi connectivity index (χ4n) is 1.88. The molecule has 6 heteroatoms. The fourth-order valence-corrected chi connectivity index (χ4v) is 2.14. The zero-order valence-electron chi connectivity index (χ0n) is 11.4. The van der Waals surface area contributed by atoms with Gasteiger partial charge in [-0.15, -0.1) is 0 Å². The van der Waals surface area contributed by atoms with Gasteiger partial charge >= 0.3 is 5.97 Å². The van der Waals surface area contributed by atoms with Crippen LogP contribution in [0.15, 0.2) is 24.3 Å². The molecule has 0 saturated heterocycles. The van der Waals surface area contributed by atoms with Crippen molar-refractivity contribution in [3.8, 4) is 0 Å². The molecule has 20 heavy (non-hydrogen) atoms. The third-order valence-electron chi connectivity index (χ3n) is 3.18. The highest BCUT2D eigenvalue weighted by atomic mass is 32.1. The summed E-state index contributed by atoms with van der Waals surface area (Å²) in [5.41, 5.74) is 2.08. The van der Waals surface area contributed by atoms with Gasteiger partial charge < -0.3 is 15.5 Å². The quantitative estimate of drug-likeness (QED) is 0.589. The smallest absolute Gasteiger partial charge is 0.334 e. The summed E-state index contributed by atoms with van der Waals surface area (Å²) in [5, 5.41) is 19.4. The van der Waals surface area contributed by atoms with Crippen molar-refractivity contribution < 1.29 is 19.8 Å². The number of aliphatic carboxylic acids is 1. The maximum Gasteiger partial charge on any atom is 0.334 e. The third-order valence-corrected chi connectivity index (χ3v) is 3.86. The molecule has 0 aliphatic rings. The molecule has 0 saturated carbocycles. The SMILES string of the molecule is Cc1ccccc1C(C)[C@H](S)C(=O)NC[C@H](O)C(=O)O. The lowest BCUT2D eigenvalue weighted by Crippen LogP contribution is -2.41. The molecular formula is C14H19NO4S. The summed E-state index contributed by atoms with van der Waals surface area (Å²) < 4.78 is 0. The minimum absolute atomic E-state index is 0.124. The standard InChI is InChI=1S/C14H19NO4S/c1-8-5-3-4-6-10(8)9(2)12(20)13(17)15-7-11(16)14(18)19/h3-6,9,11-12,16,20H,7H2,1-2H3,(H,15,17)(H,18,19)/t9?,11-,12-/m0/s1. The molecule has 1 unspecified atom stereocenters. The number of benzene rings is 1. The first-order chi connectivity index (χ1) is 9.34. The van der Waals surface area contributed by atoms with E-state index in [9.17, 15) is 9.59 Å². The van der Waals surface area contributed by atoms with E-state index in [2.05, 4.69) is 17.9 Å². The number of carboxylic acid groups (broad SMARTS) is 1. The average molecular weight is 297 g/mol. The molecule has 3 atom stereocenters. The van der Waals surface area contributed by atoms with E-state index in [0.717, 1.165) is 11.1 Å². The van der Waals surface area contributed by atoms with E-state index in [-0.39, 0.29) is 12.5 Å². The molecule has 0 aliphatic carbocycles. The second kappa shape index (κ2) is 7.31. The van der Waals surface area contributed by atoms with Crippen molar-refractivity contribution in [2.75, 3.05) is 6.54 Å². The molecule has 0 aliphatic heterocycles. The molecule has 3 N–H and O–H groups in total. The normalized spacial score (nSPS) is 15.2. The Morgan fingerprint density at radius 2 is 1.95 bits per heavy atom. The highest BCUT2D eigenvalue weighted by Gasteiger charge is 2.24. The molecule has 0 fully saturated rings. The Labute approximate surface area is 123 Å². The average Bonchev–Trinajstić information content (AvgIpc) is 2.43. The van der Waals surface area contributed by atoms with E-state index >= 15 is 0 Å². The Hall–Kier alpha value is -1.53. The van der Waals surface area contributed by atoms with Crippen LogP contribution in [-0.2, 0) is 9.59 Å². The van der Waals surface area contributed by atoms with Crippen LogP contribution in [0.1, 0.15) is 24.0 Å². The predicted octanol–water partition coefficient (Wildman–Crippen LogP) is 0.959. The lowest BCUT2D eigenvalue weighted by Gasteiger charge is -2.21. The van der Waals surface area contributed by atoms with Crippen LogP contribution in [0.2, 0.25) is 0 Å². The third kappa shape index (κ3) is 4.25. The highest BCUT2D eigenvalue weighted by Crippen LogP contribution is 2.25. The molecule has 0 heterocycles. The Balaban J connectivity index is 2.65. The van der Waals surface area contributed by atoms with Crippen molar-refractivity contribution in [3.63, 3.8) is 0 Å². The van der Waals surface area contributed by atoms with E-state index in [1.54, 1.807) is 0 Å². The van der Waals surface area contributed by atoms with Crippen LogP contribution in [-0.4, -0.2) is 40.0 Å². The van der Waals surface area contributed by atoms with E-state index in [4.69, 9.17) is 10.2 Å². The second-order valence-corrected chi connectivity index (χ2v) is 5.25. The van der Waals surface area contributed by atoms with Crippen LogP contribution >= 0.6 is 12.6 Å². The number of thiol groups is 1. The van der Waals surface area contributed by atoms with Crippen molar-refractivity contribution in [3.05, 3.63) is 35.4 Å². The maximum absolute atomic E-state index is 11.9. The number of aryl methyl sites for hydroxylation is 1. The molecule has 0 bridgehead atoms. The number of carboxylic acids is 1. The van der Waals surface area contributed by atoms with Gasteiger partial charge in [0.1, 0.15) is 0 Å². The van der Waals surface area contributed by atoms with Crippen LogP contribution in [0, 0.1) is 6.92 Å². The van der Waals surface area contributed by atoms with E-state index in [0.29, 0.717) is 0 Å². The van der Waals surface area contributed by atoms with Crippen molar-refractivity contribution in [2.45, 2.75) is 31.1 Å². The van der Waals surface area contributed by atoms with E-state index in [1.165, 1.54) is 0 Å². The summed E-state index contributed by atoms with van der Waals surface area (Å²) in [6.45, 7) is 3.51. The highest BCUT2D eigenvalue weighted by molar-refractivity contribution is 7.81. The number of nitrogens with one attached hydrogen (secondary N) is 1. The molecule has 1 amide bonds. The number of rotatable bonds is 6. The van der Waals surface area contributed by atoms with E-state index < -0.39 is 23.2 Å². The molecule has 1 aromatic carbocycles. The number of amides is 1. The molecule has 0 spiro atoms. The minimum Gasteiger partial charge on any atom is -0.479 e. The van der Waals surface area contributed by atoms with Gasteiger partial charge in [0.2, 0.25) is 5.91 Å². The Morgan fingerprint density at radius 1 is 1.35 bits per heavy atom. The first-order valence-electron chi connectivity index (χ1n) is 6.26. The van der Waals surface area contributed by atoms with Gasteiger partial charge in [-0.25, -0.2) is 4.79 Å². The molecule has 1 rings (SSSR count). The van der Waals surface area contributed by atoms with Crippen LogP contribution in [0.25, 0.3) is 0 Å². The largest absolute Gasteiger partial charge is 0.479 e. The molecule has 5 nitrogen and oxygen atoms in total. The first-order valence-corrected chi connectivity index (χ1v) is 6.78. The minimum atomic E-state index is -1.60. The van der Waals surface area contributed by atoms with Crippen molar-refractivity contribution >= 4 is 24.5 Å². The molecule has 1 aromatic rings.